The van der Waals surface area contributed by atoms with Crippen molar-refractivity contribution in [2.45, 2.75) is 26.8 Å². The van der Waals surface area contributed by atoms with Gasteiger partial charge in [0.15, 0.2) is 5.96 Å². The molecule has 0 spiro atoms. The van der Waals surface area contributed by atoms with Gasteiger partial charge in [-0.15, -0.1) is 0 Å². The van der Waals surface area contributed by atoms with E-state index in [0.717, 1.165) is 24.1 Å². The van der Waals surface area contributed by atoms with E-state index >= 15 is 0 Å². The van der Waals surface area contributed by atoms with Gasteiger partial charge in [0.25, 0.3) is 0 Å². The van der Waals surface area contributed by atoms with E-state index in [2.05, 4.69) is 20.6 Å². The lowest BCUT2D eigenvalue weighted by Crippen LogP contribution is -2.38. The molecule has 0 radical (unpaired) electrons. The SMILES string of the molecule is CCNC(=NCc1cccnc1OCC)NCCc1cccc(F)c1. The van der Waals surface area contributed by atoms with Crippen molar-refractivity contribution in [3.05, 3.63) is 59.5 Å². The van der Waals surface area contributed by atoms with Crippen molar-refractivity contribution in [3.63, 3.8) is 0 Å². The number of benzene rings is 1. The number of halogens is 1. The van der Waals surface area contributed by atoms with Crippen LogP contribution in [0.15, 0.2) is 47.6 Å². The van der Waals surface area contributed by atoms with Crippen molar-refractivity contribution in [2.24, 2.45) is 4.99 Å². The van der Waals surface area contributed by atoms with Crippen molar-refractivity contribution in [2.75, 3.05) is 19.7 Å². The largest absolute Gasteiger partial charge is 0.478 e. The lowest BCUT2D eigenvalue weighted by Gasteiger charge is -2.12. The molecular weight excluding hydrogens is 319 g/mol. The molecule has 0 aliphatic rings. The van der Waals surface area contributed by atoms with Crippen LogP contribution in [0.3, 0.4) is 0 Å². The summed E-state index contributed by atoms with van der Waals surface area (Å²) in [6, 6.07) is 10.5. The Kier molecular flexibility index (Phi) is 7.69. The van der Waals surface area contributed by atoms with Crippen LogP contribution >= 0.6 is 0 Å². The van der Waals surface area contributed by atoms with Gasteiger partial charge in [-0.1, -0.05) is 18.2 Å². The minimum absolute atomic E-state index is 0.210. The molecule has 2 N–H and O–H groups in total. The van der Waals surface area contributed by atoms with Crippen molar-refractivity contribution in [1.29, 1.82) is 0 Å². The standard InChI is InChI=1S/C19H25FN4O/c1-3-21-19(23-12-10-15-7-5-9-17(20)13-15)24-14-16-8-6-11-22-18(16)25-4-2/h5-9,11,13H,3-4,10,12,14H2,1-2H3,(H2,21,23,24). The molecule has 0 aliphatic carbocycles. The van der Waals surface area contributed by atoms with Crippen LogP contribution in [-0.4, -0.2) is 30.6 Å². The van der Waals surface area contributed by atoms with E-state index in [0.29, 0.717) is 31.5 Å². The van der Waals surface area contributed by atoms with Gasteiger partial charge in [-0.3, -0.25) is 0 Å². The first-order valence-electron chi connectivity index (χ1n) is 8.56. The van der Waals surface area contributed by atoms with Gasteiger partial charge in [0.2, 0.25) is 5.88 Å². The molecule has 1 aromatic carbocycles. The van der Waals surface area contributed by atoms with E-state index in [1.165, 1.54) is 6.07 Å². The minimum atomic E-state index is -0.210. The van der Waals surface area contributed by atoms with Crippen molar-refractivity contribution in [1.82, 2.24) is 15.6 Å². The number of aliphatic imine (C=N–C) groups is 1. The Bertz CT molecular complexity index is 691. The predicted molar refractivity (Wildman–Crippen MR) is 98.3 cm³/mol. The van der Waals surface area contributed by atoms with Crippen LogP contribution in [0.1, 0.15) is 25.0 Å². The van der Waals surface area contributed by atoms with Gasteiger partial charge in [0, 0.05) is 24.8 Å². The molecule has 6 heteroatoms. The summed E-state index contributed by atoms with van der Waals surface area (Å²) in [6.07, 6.45) is 2.43. The maximum atomic E-state index is 13.2. The molecular formula is C19H25FN4O. The van der Waals surface area contributed by atoms with E-state index in [4.69, 9.17) is 4.74 Å². The zero-order chi connectivity index (χ0) is 17.9. The highest BCUT2D eigenvalue weighted by Crippen LogP contribution is 2.15. The molecule has 2 aromatic rings. The fourth-order valence-electron chi connectivity index (χ4n) is 2.33. The molecule has 0 saturated heterocycles. The molecule has 5 nitrogen and oxygen atoms in total. The zero-order valence-corrected chi connectivity index (χ0v) is 14.8. The number of ether oxygens (including phenoxy) is 1. The van der Waals surface area contributed by atoms with Crippen LogP contribution in [0.2, 0.25) is 0 Å². The number of nitrogens with zero attached hydrogens (tertiary/aromatic N) is 2. The van der Waals surface area contributed by atoms with Crippen molar-refractivity contribution >= 4 is 5.96 Å². The highest BCUT2D eigenvalue weighted by atomic mass is 19.1. The van der Waals surface area contributed by atoms with Gasteiger partial charge in [-0.2, -0.15) is 0 Å². The topological polar surface area (TPSA) is 58.5 Å². The van der Waals surface area contributed by atoms with Gasteiger partial charge < -0.3 is 15.4 Å². The molecule has 134 valence electrons. The number of hydrogen-bond acceptors (Lipinski definition) is 3. The Hall–Kier alpha value is -2.63. The van der Waals surface area contributed by atoms with E-state index in [1.807, 2.05) is 32.0 Å². The average molecular weight is 344 g/mol. The Morgan fingerprint density at radius 2 is 2.08 bits per heavy atom. The summed E-state index contributed by atoms with van der Waals surface area (Å²) < 4.78 is 18.7. The summed E-state index contributed by atoms with van der Waals surface area (Å²) in [7, 11) is 0. The van der Waals surface area contributed by atoms with Crippen LogP contribution < -0.4 is 15.4 Å². The number of hydrogen-bond donors (Lipinski definition) is 2. The van der Waals surface area contributed by atoms with Gasteiger partial charge in [-0.05, 0) is 44.0 Å². The van der Waals surface area contributed by atoms with Gasteiger partial charge in [0.1, 0.15) is 5.82 Å². The van der Waals surface area contributed by atoms with Gasteiger partial charge >= 0.3 is 0 Å². The number of pyridine rings is 1. The third kappa shape index (κ3) is 6.41. The van der Waals surface area contributed by atoms with Gasteiger partial charge in [-0.25, -0.2) is 14.4 Å². The predicted octanol–water partition coefficient (Wildman–Crippen LogP) is 2.92. The molecule has 0 fully saturated rings. The van der Waals surface area contributed by atoms with Crippen molar-refractivity contribution < 1.29 is 9.13 Å². The zero-order valence-electron chi connectivity index (χ0n) is 14.8. The first-order chi connectivity index (χ1) is 12.2. The minimum Gasteiger partial charge on any atom is -0.478 e. The Morgan fingerprint density at radius 1 is 1.20 bits per heavy atom. The molecule has 0 unspecified atom stereocenters. The number of rotatable bonds is 8. The Labute approximate surface area is 148 Å². The number of aromatic nitrogens is 1. The highest BCUT2D eigenvalue weighted by Gasteiger charge is 2.04. The molecule has 0 saturated carbocycles. The maximum Gasteiger partial charge on any atom is 0.218 e. The number of guanidine groups is 1. The average Bonchev–Trinajstić information content (AvgIpc) is 2.61. The summed E-state index contributed by atoms with van der Waals surface area (Å²) in [5.41, 5.74) is 1.89. The molecule has 0 bridgehead atoms. The van der Waals surface area contributed by atoms with E-state index < -0.39 is 0 Å². The van der Waals surface area contributed by atoms with Crippen LogP contribution in [0.25, 0.3) is 0 Å². The van der Waals surface area contributed by atoms with Crippen LogP contribution in [0, 0.1) is 5.82 Å². The smallest absolute Gasteiger partial charge is 0.218 e. The second kappa shape index (κ2) is 10.3. The fourth-order valence-corrected chi connectivity index (χ4v) is 2.33. The normalized spacial score (nSPS) is 11.2. The summed E-state index contributed by atoms with van der Waals surface area (Å²) in [6.45, 7) is 6.41. The Balaban J connectivity index is 1.94. The van der Waals surface area contributed by atoms with Crippen LogP contribution in [-0.2, 0) is 13.0 Å². The lowest BCUT2D eigenvalue weighted by molar-refractivity contribution is 0.323. The first-order valence-corrected chi connectivity index (χ1v) is 8.56. The molecule has 1 heterocycles. The molecule has 0 atom stereocenters. The summed E-state index contributed by atoms with van der Waals surface area (Å²) in [5, 5.41) is 6.47. The van der Waals surface area contributed by atoms with E-state index in [1.54, 1.807) is 18.3 Å². The Morgan fingerprint density at radius 3 is 2.84 bits per heavy atom. The molecule has 0 amide bonds. The van der Waals surface area contributed by atoms with E-state index in [9.17, 15) is 4.39 Å². The van der Waals surface area contributed by atoms with Crippen LogP contribution in [0.4, 0.5) is 4.39 Å². The maximum absolute atomic E-state index is 13.2. The summed E-state index contributed by atoms with van der Waals surface area (Å²) >= 11 is 0. The fraction of sp³-hybridized carbons (Fsp3) is 0.368. The third-order valence-electron chi connectivity index (χ3n) is 3.48. The van der Waals surface area contributed by atoms with E-state index in [-0.39, 0.29) is 5.82 Å². The highest BCUT2D eigenvalue weighted by molar-refractivity contribution is 5.79. The van der Waals surface area contributed by atoms with Gasteiger partial charge in [0.05, 0.1) is 13.2 Å². The molecule has 25 heavy (non-hydrogen) atoms. The third-order valence-corrected chi connectivity index (χ3v) is 3.48. The molecule has 1 aromatic heterocycles. The second-order valence-electron chi connectivity index (χ2n) is 5.40. The molecule has 0 aliphatic heterocycles. The van der Waals surface area contributed by atoms with Crippen LogP contribution in [0.5, 0.6) is 5.88 Å². The number of nitrogens with one attached hydrogen (secondary N) is 2. The van der Waals surface area contributed by atoms with Crippen molar-refractivity contribution in [3.8, 4) is 5.88 Å². The monoisotopic (exact) mass is 344 g/mol. The summed E-state index contributed by atoms with van der Waals surface area (Å²) in [5.74, 6) is 1.12. The quantitative estimate of drug-likeness (QED) is 0.571. The second-order valence-corrected chi connectivity index (χ2v) is 5.40. The molecule has 2 rings (SSSR count). The first kappa shape index (κ1) is 18.7. The summed E-state index contributed by atoms with van der Waals surface area (Å²) in [4.78, 5) is 8.81. The lowest BCUT2D eigenvalue weighted by atomic mass is 10.1.